The number of amides is 2. The normalized spacial score (nSPS) is 19.3. The molecule has 3 rings (SSSR count). The number of carboxylic acid groups (broad SMARTS) is 1. The SMILES string of the molecule is O=C(NC1(C(=O)O)CCC1)C1CCN(C(=O)COc2ccccc2)CC1. The Morgan fingerprint density at radius 2 is 1.81 bits per heavy atom. The van der Waals surface area contributed by atoms with Gasteiger partial charge < -0.3 is 20.1 Å². The van der Waals surface area contributed by atoms with Crippen LogP contribution in [0.4, 0.5) is 0 Å². The number of para-hydroxylation sites is 1. The van der Waals surface area contributed by atoms with Gasteiger partial charge in [0.25, 0.3) is 5.91 Å². The molecule has 1 aliphatic heterocycles. The molecule has 7 heteroatoms. The number of nitrogens with one attached hydrogen (secondary N) is 1. The van der Waals surface area contributed by atoms with Crippen LogP contribution < -0.4 is 10.1 Å². The topological polar surface area (TPSA) is 95.9 Å². The highest BCUT2D eigenvalue weighted by atomic mass is 16.5. The predicted molar refractivity (Wildman–Crippen MR) is 93.6 cm³/mol. The van der Waals surface area contributed by atoms with Crippen LogP contribution in [-0.4, -0.2) is 53.0 Å². The molecule has 1 aromatic carbocycles. The first-order valence-electron chi connectivity index (χ1n) is 9.01. The fourth-order valence-corrected chi connectivity index (χ4v) is 3.40. The standard InChI is InChI=1S/C19H24N2O5/c22-16(13-26-15-5-2-1-3-6-15)21-11-7-14(8-12-21)17(23)20-19(18(24)25)9-4-10-19/h1-3,5-6,14H,4,7-13H2,(H,20,23)(H,24,25). The number of ether oxygens (including phenoxy) is 1. The summed E-state index contributed by atoms with van der Waals surface area (Å²) in [5, 5.41) is 12.0. The van der Waals surface area contributed by atoms with Crippen LogP contribution in [-0.2, 0) is 14.4 Å². The minimum absolute atomic E-state index is 0.0248. The Balaban J connectivity index is 1.44. The highest BCUT2D eigenvalue weighted by Gasteiger charge is 2.46. The Bertz CT molecular complexity index is 664. The Hall–Kier alpha value is -2.57. The molecule has 0 atom stereocenters. The van der Waals surface area contributed by atoms with Crippen molar-refractivity contribution in [2.24, 2.45) is 5.92 Å². The maximum Gasteiger partial charge on any atom is 0.329 e. The van der Waals surface area contributed by atoms with E-state index in [0.29, 0.717) is 44.5 Å². The minimum Gasteiger partial charge on any atom is -0.484 e. The van der Waals surface area contributed by atoms with Crippen LogP contribution in [0.1, 0.15) is 32.1 Å². The molecule has 1 heterocycles. The van der Waals surface area contributed by atoms with Crippen LogP contribution in [0.2, 0.25) is 0 Å². The molecule has 7 nitrogen and oxygen atoms in total. The third-order valence-corrected chi connectivity index (χ3v) is 5.30. The Labute approximate surface area is 152 Å². The van der Waals surface area contributed by atoms with E-state index in [9.17, 15) is 19.5 Å². The lowest BCUT2D eigenvalue weighted by atomic mass is 9.76. The predicted octanol–water partition coefficient (Wildman–Crippen LogP) is 1.43. The summed E-state index contributed by atoms with van der Waals surface area (Å²) in [6.07, 6.45) is 2.88. The molecule has 0 aromatic heterocycles. The lowest BCUT2D eigenvalue weighted by molar-refractivity contribution is -0.152. The molecule has 26 heavy (non-hydrogen) atoms. The molecular formula is C19H24N2O5. The van der Waals surface area contributed by atoms with E-state index in [1.165, 1.54) is 0 Å². The summed E-state index contributed by atoms with van der Waals surface area (Å²) in [6, 6.07) is 9.15. The number of hydrogen-bond donors (Lipinski definition) is 2. The van der Waals surface area contributed by atoms with Gasteiger partial charge in [0.05, 0.1) is 0 Å². The Morgan fingerprint density at radius 3 is 2.35 bits per heavy atom. The monoisotopic (exact) mass is 360 g/mol. The van der Waals surface area contributed by atoms with E-state index >= 15 is 0 Å². The van der Waals surface area contributed by atoms with Gasteiger partial charge in [0, 0.05) is 19.0 Å². The maximum atomic E-state index is 12.4. The van der Waals surface area contributed by atoms with E-state index in [0.717, 1.165) is 6.42 Å². The van der Waals surface area contributed by atoms with Crippen LogP contribution in [0.3, 0.4) is 0 Å². The van der Waals surface area contributed by atoms with Gasteiger partial charge in [-0.15, -0.1) is 0 Å². The van der Waals surface area contributed by atoms with Crippen molar-refractivity contribution in [2.75, 3.05) is 19.7 Å². The fourth-order valence-electron chi connectivity index (χ4n) is 3.40. The molecule has 0 spiro atoms. The van der Waals surface area contributed by atoms with Crippen molar-refractivity contribution in [3.05, 3.63) is 30.3 Å². The lowest BCUT2D eigenvalue weighted by Crippen LogP contribution is -2.60. The maximum absolute atomic E-state index is 12.4. The van der Waals surface area contributed by atoms with Crippen molar-refractivity contribution < 1.29 is 24.2 Å². The number of benzene rings is 1. The number of nitrogens with zero attached hydrogens (tertiary/aromatic N) is 1. The number of piperidine rings is 1. The van der Waals surface area contributed by atoms with Crippen LogP contribution in [0.5, 0.6) is 5.75 Å². The van der Waals surface area contributed by atoms with Gasteiger partial charge in [0.2, 0.25) is 5.91 Å². The van der Waals surface area contributed by atoms with Crippen LogP contribution in [0.25, 0.3) is 0 Å². The number of aliphatic carboxylic acids is 1. The van der Waals surface area contributed by atoms with Crippen molar-refractivity contribution in [3.8, 4) is 5.75 Å². The molecule has 2 amide bonds. The zero-order chi connectivity index (χ0) is 18.6. The second-order valence-electron chi connectivity index (χ2n) is 6.99. The van der Waals surface area contributed by atoms with E-state index in [-0.39, 0.29) is 24.3 Å². The number of likely N-dealkylation sites (tertiary alicyclic amines) is 1. The summed E-state index contributed by atoms with van der Waals surface area (Å²) in [5.41, 5.74) is -1.08. The molecule has 140 valence electrons. The van der Waals surface area contributed by atoms with Crippen molar-refractivity contribution in [1.82, 2.24) is 10.2 Å². The first-order chi connectivity index (χ1) is 12.5. The van der Waals surface area contributed by atoms with Crippen molar-refractivity contribution in [1.29, 1.82) is 0 Å². The first-order valence-corrected chi connectivity index (χ1v) is 9.01. The van der Waals surface area contributed by atoms with E-state index in [1.807, 2.05) is 18.2 Å². The average molecular weight is 360 g/mol. The van der Waals surface area contributed by atoms with Gasteiger partial charge in [-0.2, -0.15) is 0 Å². The van der Waals surface area contributed by atoms with Gasteiger partial charge in [0.1, 0.15) is 11.3 Å². The van der Waals surface area contributed by atoms with E-state index in [1.54, 1.807) is 17.0 Å². The van der Waals surface area contributed by atoms with Crippen LogP contribution >= 0.6 is 0 Å². The molecular weight excluding hydrogens is 336 g/mol. The molecule has 1 aliphatic carbocycles. The quantitative estimate of drug-likeness (QED) is 0.800. The summed E-state index contributed by atoms with van der Waals surface area (Å²) < 4.78 is 5.47. The molecule has 1 saturated carbocycles. The van der Waals surface area contributed by atoms with Gasteiger partial charge in [-0.1, -0.05) is 18.2 Å². The molecule has 0 unspecified atom stereocenters. The van der Waals surface area contributed by atoms with Crippen LogP contribution in [0, 0.1) is 5.92 Å². The fraction of sp³-hybridized carbons (Fsp3) is 0.526. The van der Waals surface area contributed by atoms with E-state index in [4.69, 9.17) is 4.74 Å². The second kappa shape index (κ2) is 7.76. The van der Waals surface area contributed by atoms with Crippen molar-refractivity contribution in [3.63, 3.8) is 0 Å². The van der Waals surface area contributed by atoms with Crippen molar-refractivity contribution >= 4 is 17.8 Å². The average Bonchev–Trinajstić information content (AvgIpc) is 2.63. The first kappa shape index (κ1) is 18.2. The molecule has 0 bridgehead atoms. The second-order valence-corrected chi connectivity index (χ2v) is 6.99. The summed E-state index contributed by atoms with van der Waals surface area (Å²) in [6.45, 7) is 0.938. The van der Waals surface area contributed by atoms with Gasteiger partial charge in [-0.3, -0.25) is 9.59 Å². The lowest BCUT2D eigenvalue weighted by Gasteiger charge is -2.40. The smallest absolute Gasteiger partial charge is 0.329 e. The third-order valence-electron chi connectivity index (χ3n) is 5.30. The van der Waals surface area contributed by atoms with Gasteiger partial charge in [-0.25, -0.2) is 4.79 Å². The number of carbonyl (C=O) groups is 3. The summed E-state index contributed by atoms with van der Waals surface area (Å²) in [5.74, 6) is -0.864. The highest BCUT2D eigenvalue weighted by molar-refractivity contribution is 5.89. The van der Waals surface area contributed by atoms with Gasteiger partial charge in [0.15, 0.2) is 6.61 Å². The number of carbonyl (C=O) groups excluding carboxylic acids is 2. The third kappa shape index (κ3) is 3.98. The molecule has 0 radical (unpaired) electrons. The number of hydrogen-bond acceptors (Lipinski definition) is 4. The summed E-state index contributed by atoms with van der Waals surface area (Å²) in [4.78, 5) is 37.7. The molecule has 1 saturated heterocycles. The zero-order valence-corrected chi connectivity index (χ0v) is 14.6. The van der Waals surface area contributed by atoms with E-state index in [2.05, 4.69) is 5.32 Å². The van der Waals surface area contributed by atoms with Gasteiger partial charge >= 0.3 is 5.97 Å². The van der Waals surface area contributed by atoms with E-state index < -0.39 is 11.5 Å². The Kier molecular flexibility index (Phi) is 5.44. The summed E-state index contributed by atoms with van der Waals surface area (Å²) >= 11 is 0. The van der Waals surface area contributed by atoms with Gasteiger partial charge in [-0.05, 0) is 44.2 Å². The van der Waals surface area contributed by atoms with Crippen molar-refractivity contribution in [2.45, 2.75) is 37.6 Å². The highest BCUT2D eigenvalue weighted by Crippen LogP contribution is 2.33. The zero-order valence-electron chi connectivity index (χ0n) is 14.6. The Morgan fingerprint density at radius 1 is 1.15 bits per heavy atom. The molecule has 2 aliphatic rings. The number of carboxylic acids is 1. The summed E-state index contributed by atoms with van der Waals surface area (Å²) in [7, 11) is 0. The van der Waals surface area contributed by atoms with Crippen LogP contribution in [0.15, 0.2) is 30.3 Å². The minimum atomic E-state index is -1.08. The largest absolute Gasteiger partial charge is 0.484 e. The molecule has 2 N–H and O–H groups in total. The number of rotatable bonds is 6. The molecule has 2 fully saturated rings. The molecule has 1 aromatic rings.